The van der Waals surface area contributed by atoms with Gasteiger partial charge in [0.2, 0.25) is 5.91 Å². The Labute approximate surface area is 252 Å². The highest BCUT2D eigenvalue weighted by molar-refractivity contribution is 8.14. The second-order valence-corrected chi connectivity index (χ2v) is 10.9. The van der Waals surface area contributed by atoms with Crippen molar-refractivity contribution in [3.8, 4) is 5.75 Å². The number of nitrogens with one attached hydrogen (secondary N) is 1. The predicted octanol–water partition coefficient (Wildman–Crippen LogP) is 8.00. The number of amidine groups is 1. The van der Waals surface area contributed by atoms with E-state index in [0.29, 0.717) is 44.5 Å². The first-order valence-corrected chi connectivity index (χ1v) is 14.5. The van der Waals surface area contributed by atoms with Crippen LogP contribution in [0.4, 0.5) is 11.4 Å². The number of thioether (sulfide) groups is 1. The summed E-state index contributed by atoms with van der Waals surface area (Å²) in [5, 5.41) is 4.00. The zero-order valence-electron chi connectivity index (χ0n) is 22.0. The van der Waals surface area contributed by atoms with Crippen molar-refractivity contribution in [3.63, 3.8) is 0 Å². The summed E-state index contributed by atoms with van der Waals surface area (Å²) in [4.78, 5) is 32.3. The molecule has 41 heavy (non-hydrogen) atoms. The minimum atomic E-state index is -0.320. The normalized spacial score (nSPS) is 13.8. The van der Waals surface area contributed by atoms with Crippen molar-refractivity contribution in [2.45, 2.75) is 13.5 Å². The van der Waals surface area contributed by atoms with Gasteiger partial charge in [-0.3, -0.25) is 14.5 Å². The molecule has 0 saturated carbocycles. The zero-order valence-corrected chi connectivity index (χ0v) is 24.3. The molecule has 2 amide bonds. The molecule has 0 aromatic heterocycles. The van der Waals surface area contributed by atoms with E-state index in [9.17, 15) is 9.59 Å². The number of carbonyl (C=O) groups is 2. The van der Waals surface area contributed by atoms with Gasteiger partial charge in [0.1, 0.15) is 18.1 Å². The van der Waals surface area contributed by atoms with E-state index in [2.05, 4.69) is 10.3 Å². The second-order valence-electron chi connectivity index (χ2n) is 9.18. The van der Waals surface area contributed by atoms with Crippen LogP contribution < -0.4 is 15.0 Å². The van der Waals surface area contributed by atoms with E-state index in [0.717, 1.165) is 11.1 Å². The predicted molar refractivity (Wildman–Crippen MR) is 169 cm³/mol. The molecular weight excluding hydrogens is 577 g/mol. The van der Waals surface area contributed by atoms with Gasteiger partial charge in [0.25, 0.3) is 5.91 Å². The van der Waals surface area contributed by atoms with Crippen LogP contribution in [0.2, 0.25) is 10.0 Å². The Balaban J connectivity index is 1.27. The maximum atomic E-state index is 13.5. The fraction of sp³-hybridized carbons (Fsp3) is 0.0938. The van der Waals surface area contributed by atoms with E-state index < -0.39 is 0 Å². The molecule has 4 aromatic carbocycles. The van der Waals surface area contributed by atoms with Gasteiger partial charge >= 0.3 is 0 Å². The van der Waals surface area contributed by atoms with Gasteiger partial charge in [-0.05, 0) is 66.6 Å². The molecule has 0 aliphatic carbocycles. The highest BCUT2D eigenvalue weighted by Gasteiger charge is 2.32. The van der Waals surface area contributed by atoms with E-state index in [1.807, 2.05) is 73.7 Å². The number of amides is 2. The van der Waals surface area contributed by atoms with Crippen LogP contribution in [-0.2, 0) is 16.2 Å². The minimum absolute atomic E-state index is 0.0476. The average Bonchev–Trinajstić information content (AvgIpc) is 3.29. The monoisotopic (exact) mass is 601 g/mol. The molecule has 1 aliphatic rings. The Morgan fingerprint density at radius 3 is 2.41 bits per heavy atom. The van der Waals surface area contributed by atoms with Crippen LogP contribution in [0, 0.1) is 6.92 Å². The summed E-state index contributed by atoms with van der Waals surface area (Å²) in [5.74, 6) is 0.195. The standard InChI is InChI=1S/C32H25Cl2N3O3S/c1-21-10-14-25(15-11-21)37-31(39)28(18-23-8-5-9-27(33)30(23)34)36-32(37)41-20-29(38)35-24-12-16-26(17-13-24)40-19-22-6-3-2-4-7-22/h2-18H,19-20H2,1H3,(H,35,38)/b28-18+. The van der Waals surface area contributed by atoms with Gasteiger partial charge < -0.3 is 10.1 Å². The van der Waals surface area contributed by atoms with E-state index in [1.54, 1.807) is 36.4 Å². The number of aliphatic imine (C=N–C) groups is 1. The topological polar surface area (TPSA) is 71.0 Å². The summed E-state index contributed by atoms with van der Waals surface area (Å²) in [6.07, 6.45) is 1.60. The lowest BCUT2D eigenvalue weighted by atomic mass is 10.2. The average molecular weight is 603 g/mol. The van der Waals surface area contributed by atoms with Crippen molar-refractivity contribution in [2.75, 3.05) is 16.0 Å². The molecule has 0 spiro atoms. The highest BCUT2D eigenvalue weighted by atomic mass is 35.5. The van der Waals surface area contributed by atoms with Crippen molar-refractivity contribution < 1.29 is 14.3 Å². The number of benzene rings is 4. The summed E-state index contributed by atoms with van der Waals surface area (Å²) < 4.78 is 5.81. The third-order valence-electron chi connectivity index (χ3n) is 6.11. The number of rotatable bonds is 8. The number of hydrogen-bond acceptors (Lipinski definition) is 5. The van der Waals surface area contributed by atoms with Crippen LogP contribution in [0.5, 0.6) is 5.75 Å². The first-order valence-electron chi connectivity index (χ1n) is 12.7. The van der Waals surface area contributed by atoms with Crippen LogP contribution in [0.3, 0.4) is 0 Å². The molecule has 0 bridgehead atoms. The zero-order chi connectivity index (χ0) is 28.8. The third kappa shape index (κ3) is 7.19. The summed E-state index contributed by atoms with van der Waals surface area (Å²) in [6.45, 7) is 2.43. The first-order chi connectivity index (χ1) is 19.9. The molecule has 206 valence electrons. The molecule has 0 saturated heterocycles. The molecule has 5 rings (SSSR count). The van der Waals surface area contributed by atoms with Crippen molar-refractivity contribution in [3.05, 3.63) is 129 Å². The maximum absolute atomic E-state index is 13.5. The second kappa shape index (κ2) is 13.1. The number of hydrogen-bond donors (Lipinski definition) is 1. The molecule has 4 aromatic rings. The van der Waals surface area contributed by atoms with Crippen LogP contribution in [-0.4, -0.2) is 22.7 Å². The van der Waals surface area contributed by atoms with E-state index in [-0.39, 0.29) is 23.3 Å². The van der Waals surface area contributed by atoms with E-state index in [4.69, 9.17) is 27.9 Å². The number of ether oxygens (including phenoxy) is 1. The van der Waals surface area contributed by atoms with Gasteiger partial charge in [-0.1, -0.05) is 95.1 Å². The molecule has 0 unspecified atom stereocenters. The highest BCUT2D eigenvalue weighted by Crippen LogP contribution is 2.32. The molecule has 1 N–H and O–H groups in total. The number of aryl methyl sites for hydroxylation is 1. The molecule has 0 radical (unpaired) electrons. The van der Waals surface area contributed by atoms with Crippen molar-refractivity contribution >= 4 is 69.4 Å². The SMILES string of the molecule is Cc1ccc(N2C(=O)/C(=C\c3cccc(Cl)c3Cl)N=C2SCC(=O)Nc2ccc(OCc3ccccc3)cc2)cc1. The number of carbonyl (C=O) groups excluding carboxylic acids is 2. The lowest BCUT2D eigenvalue weighted by Crippen LogP contribution is -2.31. The van der Waals surface area contributed by atoms with E-state index in [1.165, 1.54) is 16.7 Å². The number of anilines is 2. The Morgan fingerprint density at radius 2 is 1.68 bits per heavy atom. The largest absolute Gasteiger partial charge is 0.489 e. The smallest absolute Gasteiger partial charge is 0.283 e. The van der Waals surface area contributed by atoms with Gasteiger partial charge in [0.05, 0.1) is 21.5 Å². The molecular formula is C32H25Cl2N3O3S. The summed E-state index contributed by atoms with van der Waals surface area (Å²) in [7, 11) is 0. The number of nitrogens with zero attached hydrogens (tertiary/aromatic N) is 2. The molecule has 0 atom stereocenters. The lowest BCUT2D eigenvalue weighted by molar-refractivity contribution is -0.114. The quantitative estimate of drug-likeness (QED) is 0.208. The van der Waals surface area contributed by atoms with Crippen LogP contribution in [0.1, 0.15) is 16.7 Å². The Morgan fingerprint density at radius 1 is 0.951 bits per heavy atom. The van der Waals surface area contributed by atoms with Gasteiger partial charge in [-0.2, -0.15) is 0 Å². The molecule has 6 nitrogen and oxygen atoms in total. The molecule has 0 fully saturated rings. The van der Waals surface area contributed by atoms with Gasteiger partial charge in [-0.15, -0.1) is 0 Å². The third-order valence-corrected chi connectivity index (χ3v) is 7.89. The Hall–Kier alpha value is -4.04. The van der Waals surface area contributed by atoms with Gasteiger partial charge in [0, 0.05) is 5.69 Å². The molecule has 1 aliphatic heterocycles. The first kappa shape index (κ1) is 28.5. The number of halogens is 2. The maximum Gasteiger partial charge on any atom is 0.283 e. The fourth-order valence-electron chi connectivity index (χ4n) is 4.00. The minimum Gasteiger partial charge on any atom is -0.489 e. The van der Waals surface area contributed by atoms with E-state index >= 15 is 0 Å². The summed E-state index contributed by atoms with van der Waals surface area (Å²) in [6, 6.07) is 29.8. The van der Waals surface area contributed by atoms with Crippen LogP contribution >= 0.6 is 35.0 Å². The van der Waals surface area contributed by atoms with Crippen molar-refractivity contribution in [1.29, 1.82) is 0 Å². The lowest BCUT2D eigenvalue weighted by Gasteiger charge is -2.18. The van der Waals surface area contributed by atoms with Gasteiger partial charge in [-0.25, -0.2) is 4.99 Å². The van der Waals surface area contributed by atoms with Crippen LogP contribution in [0.25, 0.3) is 6.08 Å². The summed E-state index contributed by atoms with van der Waals surface area (Å²) in [5.41, 5.74) is 4.20. The Kier molecular flexibility index (Phi) is 9.09. The molecule has 9 heteroatoms. The molecule has 1 heterocycles. The van der Waals surface area contributed by atoms with Crippen LogP contribution in [0.15, 0.2) is 108 Å². The fourth-order valence-corrected chi connectivity index (χ4v) is 5.17. The van der Waals surface area contributed by atoms with Crippen molar-refractivity contribution in [1.82, 2.24) is 0 Å². The summed E-state index contributed by atoms with van der Waals surface area (Å²) >= 11 is 13.7. The Bertz CT molecular complexity index is 1620. The van der Waals surface area contributed by atoms with Gasteiger partial charge in [0.15, 0.2) is 5.17 Å². The van der Waals surface area contributed by atoms with Crippen molar-refractivity contribution in [2.24, 2.45) is 4.99 Å².